The van der Waals surface area contributed by atoms with Crippen molar-refractivity contribution < 1.29 is 14.6 Å². The van der Waals surface area contributed by atoms with Gasteiger partial charge < -0.3 is 14.7 Å². The second-order valence-corrected chi connectivity index (χ2v) is 6.12. The number of nitrogens with zero attached hydrogens (tertiary/aromatic N) is 2. The predicted octanol–water partition coefficient (Wildman–Crippen LogP) is 2.02. The fourth-order valence-electron chi connectivity index (χ4n) is 3.02. The highest BCUT2D eigenvalue weighted by Crippen LogP contribution is 2.17. The fourth-order valence-corrected chi connectivity index (χ4v) is 3.02. The van der Waals surface area contributed by atoms with Crippen LogP contribution in [-0.2, 0) is 6.61 Å². The summed E-state index contributed by atoms with van der Waals surface area (Å²) < 4.78 is 5.81. The van der Waals surface area contributed by atoms with Gasteiger partial charge in [0, 0.05) is 43.9 Å². The molecule has 2 aromatic rings. The summed E-state index contributed by atoms with van der Waals surface area (Å²) in [5.41, 5.74) is 1.60. The maximum absolute atomic E-state index is 12.9. The average molecular weight is 340 g/mol. The molecule has 2 aromatic carbocycles. The van der Waals surface area contributed by atoms with E-state index in [-0.39, 0.29) is 12.5 Å². The maximum Gasteiger partial charge on any atom is 0.254 e. The lowest BCUT2D eigenvalue weighted by molar-refractivity contribution is 0.0612. The largest absolute Gasteiger partial charge is 0.489 e. The van der Waals surface area contributed by atoms with Crippen LogP contribution in [0.3, 0.4) is 0 Å². The Kier molecular flexibility index (Phi) is 6.04. The van der Waals surface area contributed by atoms with Gasteiger partial charge in [-0.1, -0.05) is 36.4 Å². The third kappa shape index (κ3) is 4.59. The number of β-amino-alcohol motifs (C(OH)–C–C–N with tert-alkyl or cyclic N) is 1. The SMILES string of the molecule is O=C(c1ccccc1COc1ccccc1)N1CCN(CCO)CC1. The Labute approximate surface area is 148 Å². The molecule has 0 bridgehead atoms. The molecule has 5 heteroatoms. The molecule has 5 nitrogen and oxygen atoms in total. The van der Waals surface area contributed by atoms with E-state index in [1.807, 2.05) is 59.5 Å². The molecule has 1 saturated heterocycles. The fraction of sp³-hybridized carbons (Fsp3) is 0.350. The molecular weight excluding hydrogens is 316 g/mol. The summed E-state index contributed by atoms with van der Waals surface area (Å²) in [7, 11) is 0. The lowest BCUT2D eigenvalue weighted by Crippen LogP contribution is -2.49. The van der Waals surface area contributed by atoms with Crippen LogP contribution >= 0.6 is 0 Å². The minimum Gasteiger partial charge on any atom is -0.489 e. The minimum atomic E-state index is 0.0518. The van der Waals surface area contributed by atoms with Gasteiger partial charge in [0.1, 0.15) is 12.4 Å². The Morgan fingerprint density at radius 1 is 0.960 bits per heavy atom. The molecule has 0 aliphatic carbocycles. The molecule has 0 radical (unpaired) electrons. The van der Waals surface area contributed by atoms with Gasteiger partial charge in [-0.05, 0) is 18.2 Å². The van der Waals surface area contributed by atoms with E-state index in [1.165, 1.54) is 0 Å². The quantitative estimate of drug-likeness (QED) is 0.874. The number of aliphatic hydroxyl groups is 1. The maximum atomic E-state index is 12.9. The molecule has 25 heavy (non-hydrogen) atoms. The second kappa shape index (κ2) is 8.65. The van der Waals surface area contributed by atoms with Gasteiger partial charge in [-0.2, -0.15) is 0 Å². The number of carbonyl (C=O) groups excluding carboxylic acids is 1. The number of piperazine rings is 1. The predicted molar refractivity (Wildman–Crippen MR) is 96.6 cm³/mol. The van der Waals surface area contributed by atoms with Crippen molar-refractivity contribution >= 4 is 5.91 Å². The number of para-hydroxylation sites is 1. The van der Waals surface area contributed by atoms with Crippen LogP contribution in [-0.4, -0.2) is 60.1 Å². The Morgan fingerprint density at radius 2 is 1.64 bits per heavy atom. The summed E-state index contributed by atoms with van der Waals surface area (Å²) >= 11 is 0. The summed E-state index contributed by atoms with van der Waals surface area (Å²) in [5.74, 6) is 0.846. The molecule has 132 valence electrons. The molecule has 0 unspecified atom stereocenters. The standard InChI is InChI=1S/C20H24N2O3/c23-15-14-21-10-12-22(13-11-21)20(24)19-9-5-4-6-17(19)16-25-18-7-2-1-3-8-18/h1-9,23H,10-16H2. The molecule has 1 fully saturated rings. The van der Waals surface area contributed by atoms with Crippen molar-refractivity contribution in [2.75, 3.05) is 39.3 Å². The zero-order valence-corrected chi connectivity index (χ0v) is 14.3. The van der Waals surface area contributed by atoms with Crippen LogP contribution in [0.4, 0.5) is 0 Å². The molecule has 0 atom stereocenters. The molecule has 0 saturated carbocycles. The number of carbonyl (C=O) groups is 1. The first-order valence-electron chi connectivity index (χ1n) is 8.66. The van der Waals surface area contributed by atoms with Crippen LogP contribution in [0.1, 0.15) is 15.9 Å². The molecule has 0 aromatic heterocycles. The van der Waals surface area contributed by atoms with Crippen LogP contribution in [0.15, 0.2) is 54.6 Å². The van der Waals surface area contributed by atoms with Crippen molar-refractivity contribution in [1.82, 2.24) is 9.80 Å². The normalized spacial score (nSPS) is 15.2. The molecule has 1 aliphatic heterocycles. The van der Waals surface area contributed by atoms with Crippen LogP contribution in [0.25, 0.3) is 0 Å². The summed E-state index contributed by atoms with van der Waals surface area (Å²) in [5, 5.41) is 9.02. The van der Waals surface area contributed by atoms with E-state index in [0.717, 1.165) is 24.4 Å². The highest BCUT2D eigenvalue weighted by Gasteiger charge is 2.23. The van der Waals surface area contributed by atoms with E-state index in [4.69, 9.17) is 9.84 Å². The molecule has 1 aliphatic rings. The van der Waals surface area contributed by atoms with Crippen molar-refractivity contribution in [3.8, 4) is 5.75 Å². The Morgan fingerprint density at radius 3 is 2.36 bits per heavy atom. The molecule has 3 rings (SSSR count). The summed E-state index contributed by atoms with van der Waals surface area (Å²) in [6.45, 7) is 4.18. The molecular formula is C20H24N2O3. The zero-order chi connectivity index (χ0) is 17.5. The number of amides is 1. The minimum absolute atomic E-state index is 0.0518. The number of hydrogen-bond donors (Lipinski definition) is 1. The number of aliphatic hydroxyl groups excluding tert-OH is 1. The smallest absolute Gasteiger partial charge is 0.254 e. The highest BCUT2D eigenvalue weighted by molar-refractivity contribution is 5.95. The topological polar surface area (TPSA) is 53.0 Å². The first-order valence-corrected chi connectivity index (χ1v) is 8.66. The van der Waals surface area contributed by atoms with Crippen molar-refractivity contribution in [2.24, 2.45) is 0 Å². The van der Waals surface area contributed by atoms with Crippen LogP contribution in [0.5, 0.6) is 5.75 Å². The number of benzene rings is 2. The van der Waals surface area contributed by atoms with Gasteiger partial charge >= 0.3 is 0 Å². The lowest BCUT2D eigenvalue weighted by atomic mass is 10.1. The third-order valence-electron chi connectivity index (χ3n) is 4.46. The van der Waals surface area contributed by atoms with Crippen molar-refractivity contribution in [3.05, 3.63) is 65.7 Å². The van der Waals surface area contributed by atoms with Gasteiger partial charge in [0.15, 0.2) is 0 Å². The van der Waals surface area contributed by atoms with Gasteiger partial charge in [0.05, 0.1) is 6.61 Å². The summed E-state index contributed by atoms with van der Waals surface area (Å²) in [6.07, 6.45) is 0. The van der Waals surface area contributed by atoms with E-state index in [0.29, 0.717) is 31.8 Å². The average Bonchev–Trinajstić information content (AvgIpc) is 2.68. The summed E-state index contributed by atoms with van der Waals surface area (Å²) in [6, 6.07) is 17.2. The molecule has 1 N–H and O–H groups in total. The van der Waals surface area contributed by atoms with E-state index in [1.54, 1.807) is 0 Å². The first kappa shape index (κ1) is 17.5. The highest BCUT2D eigenvalue weighted by atomic mass is 16.5. The van der Waals surface area contributed by atoms with Crippen LogP contribution < -0.4 is 4.74 Å². The Balaban J connectivity index is 1.65. The number of rotatable bonds is 6. The van der Waals surface area contributed by atoms with E-state index >= 15 is 0 Å². The molecule has 1 heterocycles. The van der Waals surface area contributed by atoms with Crippen LogP contribution in [0, 0.1) is 0 Å². The van der Waals surface area contributed by atoms with Crippen molar-refractivity contribution in [3.63, 3.8) is 0 Å². The van der Waals surface area contributed by atoms with Gasteiger partial charge in [-0.25, -0.2) is 0 Å². The third-order valence-corrected chi connectivity index (χ3v) is 4.46. The molecule has 1 amide bonds. The van der Waals surface area contributed by atoms with Crippen molar-refractivity contribution in [2.45, 2.75) is 6.61 Å². The zero-order valence-electron chi connectivity index (χ0n) is 14.3. The van der Waals surface area contributed by atoms with Crippen LogP contribution in [0.2, 0.25) is 0 Å². The second-order valence-electron chi connectivity index (χ2n) is 6.12. The van der Waals surface area contributed by atoms with Crippen molar-refractivity contribution in [1.29, 1.82) is 0 Å². The Hall–Kier alpha value is -2.37. The first-order chi connectivity index (χ1) is 12.3. The number of ether oxygens (including phenoxy) is 1. The van der Waals surface area contributed by atoms with Gasteiger partial charge in [0.2, 0.25) is 0 Å². The number of hydrogen-bond acceptors (Lipinski definition) is 4. The molecule has 0 spiro atoms. The monoisotopic (exact) mass is 340 g/mol. The Bertz CT molecular complexity index is 682. The lowest BCUT2D eigenvalue weighted by Gasteiger charge is -2.34. The van der Waals surface area contributed by atoms with E-state index < -0.39 is 0 Å². The van der Waals surface area contributed by atoms with E-state index in [9.17, 15) is 4.79 Å². The van der Waals surface area contributed by atoms with Gasteiger partial charge in [-0.15, -0.1) is 0 Å². The van der Waals surface area contributed by atoms with Gasteiger partial charge in [0.25, 0.3) is 5.91 Å². The van der Waals surface area contributed by atoms with Gasteiger partial charge in [-0.3, -0.25) is 9.69 Å². The van der Waals surface area contributed by atoms with E-state index in [2.05, 4.69) is 4.90 Å². The summed E-state index contributed by atoms with van der Waals surface area (Å²) in [4.78, 5) is 17.0.